The van der Waals surface area contributed by atoms with Gasteiger partial charge in [-0.2, -0.15) is 0 Å². The number of carbonyl (C=O) groups is 1. The molecule has 1 amide bonds. The Kier molecular flexibility index (Phi) is 56.8. The quantitative estimate of drug-likeness (QED) is 0.0204. The standard InChI is InChI=1S/C78H137NO13/c1-3-5-7-9-11-13-15-17-19-21-23-24-25-26-27-28-29-30-31-32-33-34-35-36-37-38-39-40-41-42-44-46-48-50-52-54-56-58-60-62-70(83)79-66(67(82)61-59-57-55-53-51-49-47-45-43-22-20-18-16-14-12-10-8-6-4-2)65-89-77-75(88)73(86)76(69(64-81)91-77)92-78-74(87)72(85)71(84)68(63-80)90-78/h5,7,11,13,17,19,23-24,26-27,29-30,51,53,59,61,66-69,71-78,80-82,84-88H,3-4,6,8-10,12,14-16,18,20-22,25,28,31-50,52,54-58,60,62-65H2,1-2H3,(H,79,83)/b7-5-,13-11-,19-17-,24-23-,27-26-,30-29-,53-51+,61-59+. The van der Waals surface area contributed by atoms with Gasteiger partial charge in [0, 0.05) is 6.42 Å². The molecule has 2 saturated heterocycles. The van der Waals surface area contributed by atoms with Crippen LogP contribution < -0.4 is 5.32 Å². The molecule has 0 spiro atoms. The van der Waals surface area contributed by atoms with Crippen LogP contribution in [0.1, 0.15) is 296 Å². The maximum atomic E-state index is 13.3. The minimum absolute atomic E-state index is 0.247. The van der Waals surface area contributed by atoms with E-state index in [4.69, 9.17) is 18.9 Å². The monoisotopic (exact) mass is 1300 g/mol. The van der Waals surface area contributed by atoms with Crippen molar-refractivity contribution in [3.05, 3.63) is 97.2 Å². The van der Waals surface area contributed by atoms with Gasteiger partial charge in [-0.3, -0.25) is 4.79 Å². The summed E-state index contributed by atoms with van der Waals surface area (Å²) in [6.45, 7) is 2.69. The molecule has 9 N–H and O–H groups in total. The summed E-state index contributed by atoms with van der Waals surface area (Å²) < 4.78 is 22.8. The van der Waals surface area contributed by atoms with E-state index in [2.05, 4.69) is 104 Å². The Morgan fingerprint density at radius 3 is 1.20 bits per heavy atom. The zero-order chi connectivity index (χ0) is 66.6. The van der Waals surface area contributed by atoms with Crippen LogP contribution in [0.2, 0.25) is 0 Å². The van der Waals surface area contributed by atoms with E-state index in [0.717, 1.165) is 70.6 Å². The summed E-state index contributed by atoms with van der Waals surface area (Å²) in [5.41, 5.74) is 0. The summed E-state index contributed by atoms with van der Waals surface area (Å²) in [5, 5.41) is 87.4. The van der Waals surface area contributed by atoms with Crippen molar-refractivity contribution in [2.24, 2.45) is 0 Å². The minimum atomic E-state index is -1.79. The van der Waals surface area contributed by atoms with Gasteiger partial charge in [0.15, 0.2) is 12.6 Å². The Morgan fingerprint density at radius 2 is 0.761 bits per heavy atom. The van der Waals surface area contributed by atoms with Gasteiger partial charge in [-0.1, -0.05) is 304 Å². The smallest absolute Gasteiger partial charge is 0.220 e. The number of hydrogen-bond acceptors (Lipinski definition) is 13. The highest BCUT2D eigenvalue weighted by molar-refractivity contribution is 5.76. The van der Waals surface area contributed by atoms with Gasteiger partial charge in [-0.15, -0.1) is 0 Å². The molecule has 0 aromatic rings. The highest BCUT2D eigenvalue weighted by Gasteiger charge is 2.51. The lowest BCUT2D eigenvalue weighted by Gasteiger charge is -2.46. The molecule has 0 aromatic carbocycles. The van der Waals surface area contributed by atoms with Crippen molar-refractivity contribution in [2.75, 3.05) is 19.8 Å². The molecule has 0 aromatic heterocycles. The van der Waals surface area contributed by atoms with Crippen molar-refractivity contribution in [1.82, 2.24) is 5.32 Å². The average Bonchev–Trinajstić information content (AvgIpc) is 1.05. The van der Waals surface area contributed by atoms with E-state index in [0.29, 0.717) is 12.8 Å². The predicted octanol–water partition coefficient (Wildman–Crippen LogP) is 16.1. The fourth-order valence-corrected chi connectivity index (χ4v) is 11.8. The third-order valence-corrected chi connectivity index (χ3v) is 17.8. The van der Waals surface area contributed by atoms with Crippen molar-refractivity contribution < 1.29 is 64.6 Å². The van der Waals surface area contributed by atoms with Gasteiger partial charge in [0.25, 0.3) is 0 Å². The van der Waals surface area contributed by atoms with Crippen LogP contribution in [0.25, 0.3) is 0 Å². The zero-order valence-corrected chi connectivity index (χ0v) is 58.0. The molecule has 532 valence electrons. The summed E-state index contributed by atoms with van der Waals surface area (Å²) in [5.74, 6) is -0.247. The minimum Gasteiger partial charge on any atom is -0.394 e. The Bertz CT molecular complexity index is 1920. The molecule has 2 heterocycles. The number of ether oxygens (including phenoxy) is 4. The van der Waals surface area contributed by atoms with Crippen molar-refractivity contribution in [1.29, 1.82) is 0 Å². The first kappa shape index (κ1) is 85.0. The van der Waals surface area contributed by atoms with Crippen LogP contribution >= 0.6 is 0 Å². The largest absolute Gasteiger partial charge is 0.394 e. The Labute approximate surface area is 560 Å². The van der Waals surface area contributed by atoms with Gasteiger partial charge >= 0.3 is 0 Å². The summed E-state index contributed by atoms with van der Waals surface area (Å²) in [7, 11) is 0. The van der Waals surface area contributed by atoms with Gasteiger partial charge in [0.1, 0.15) is 48.8 Å². The first-order valence-corrected chi connectivity index (χ1v) is 37.5. The molecule has 14 nitrogen and oxygen atoms in total. The molecular formula is C78H137NO13. The van der Waals surface area contributed by atoms with E-state index in [-0.39, 0.29) is 18.9 Å². The third-order valence-electron chi connectivity index (χ3n) is 17.8. The SMILES string of the molecule is CC/C=C\C/C=C\C/C=C\C/C=C\C/C=C\C/C=C\CCCCCCCCCCCCCCCCCCCCCCC(=O)NC(COC1OC(CO)C(OC2OC(CO)C(O)C(O)C2O)C(O)C1O)C(O)/C=C/CC/C=C/CCCCCCCCCCCCCCC. The van der Waals surface area contributed by atoms with E-state index >= 15 is 0 Å². The fourth-order valence-electron chi connectivity index (χ4n) is 11.8. The predicted molar refractivity (Wildman–Crippen MR) is 378 cm³/mol. The molecule has 92 heavy (non-hydrogen) atoms. The van der Waals surface area contributed by atoms with Gasteiger partial charge in [-0.25, -0.2) is 0 Å². The number of rotatable bonds is 61. The van der Waals surface area contributed by atoms with Crippen LogP contribution in [-0.4, -0.2) is 140 Å². The maximum absolute atomic E-state index is 13.3. The molecule has 2 rings (SSSR count). The zero-order valence-electron chi connectivity index (χ0n) is 58.0. The van der Waals surface area contributed by atoms with E-state index in [1.807, 2.05) is 6.08 Å². The number of hydrogen-bond donors (Lipinski definition) is 9. The second-order valence-corrected chi connectivity index (χ2v) is 26.0. The Balaban J connectivity index is 1.60. The van der Waals surface area contributed by atoms with Gasteiger partial charge in [0.2, 0.25) is 5.91 Å². The van der Waals surface area contributed by atoms with Crippen molar-refractivity contribution >= 4 is 5.91 Å². The molecule has 2 aliphatic rings. The molecule has 2 fully saturated rings. The molecule has 0 bridgehead atoms. The topological polar surface area (TPSA) is 228 Å². The summed E-state index contributed by atoms with van der Waals surface area (Å²) in [6.07, 6.45) is 70.5. The van der Waals surface area contributed by atoms with E-state index < -0.39 is 86.8 Å². The highest BCUT2D eigenvalue weighted by Crippen LogP contribution is 2.30. The Morgan fingerprint density at radius 1 is 0.402 bits per heavy atom. The van der Waals surface area contributed by atoms with E-state index in [9.17, 15) is 45.6 Å². The number of nitrogens with one attached hydrogen (secondary N) is 1. The molecule has 0 radical (unpaired) electrons. The van der Waals surface area contributed by atoms with Crippen molar-refractivity contribution in [3.8, 4) is 0 Å². The van der Waals surface area contributed by atoms with E-state index in [1.165, 1.54) is 193 Å². The van der Waals surface area contributed by atoms with Crippen molar-refractivity contribution in [3.63, 3.8) is 0 Å². The molecule has 12 unspecified atom stereocenters. The fraction of sp³-hybridized carbons (Fsp3) is 0.782. The van der Waals surface area contributed by atoms with Gasteiger partial charge in [0.05, 0.1) is 32.0 Å². The van der Waals surface area contributed by atoms with Crippen LogP contribution in [0.5, 0.6) is 0 Å². The number of amides is 1. The van der Waals surface area contributed by atoms with E-state index in [1.54, 1.807) is 6.08 Å². The molecule has 12 atom stereocenters. The molecule has 0 aliphatic carbocycles. The first-order chi connectivity index (χ1) is 45.1. The number of unbranched alkanes of at least 4 members (excludes halogenated alkanes) is 34. The van der Waals surface area contributed by atoms with Gasteiger partial charge in [-0.05, 0) is 83.5 Å². The summed E-state index contributed by atoms with van der Waals surface area (Å²) in [6, 6.07) is -0.935. The molecule has 0 saturated carbocycles. The third kappa shape index (κ3) is 44.6. The second-order valence-electron chi connectivity index (χ2n) is 26.0. The lowest BCUT2D eigenvalue weighted by atomic mass is 9.97. The van der Waals surface area contributed by atoms with Crippen LogP contribution in [0, 0.1) is 0 Å². The van der Waals surface area contributed by atoms with Crippen molar-refractivity contribution in [2.45, 2.75) is 370 Å². The number of aliphatic hydroxyl groups is 8. The number of aliphatic hydroxyl groups excluding tert-OH is 8. The summed E-state index contributed by atoms with van der Waals surface area (Å²) in [4.78, 5) is 13.3. The number of carbonyl (C=O) groups excluding carboxylic acids is 1. The highest BCUT2D eigenvalue weighted by atomic mass is 16.7. The maximum Gasteiger partial charge on any atom is 0.220 e. The van der Waals surface area contributed by atoms with Crippen LogP contribution in [-0.2, 0) is 23.7 Å². The molecule has 14 heteroatoms. The summed E-state index contributed by atoms with van der Waals surface area (Å²) >= 11 is 0. The van der Waals surface area contributed by atoms with Crippen LogP contribution in [0.3, 0.4) is 0 Å². The second kappa shape index (κ2) is 61.5. The number of allylic oxidation sites excluding steroid dienone is 15. The van der Waals surface area contributed by atoms with Crippen LogP contribution in [0.4, 0.5) is 0 Å². The van der Waals surface area contributed by atoms with Crippen LogP contribution in [0.15, 0.2) is 97.2 Å². The Hall–Kier alpha value is -3.09. The molecular weight excluding hydrogens is 1160 g/mol. The normalized spacial score (nSPS) is 23.2. The lowest BCUT2D eigenvalue weighted by molar-refractivity contribution is -0.359. The lowest BCUT2D eigenvalue weighted by Crippen LogP contribution is -2.65. The average molecular weight is 1300 g/mol. The molecule has 2 aliphatic heterocycles. The van der Waals surface area contributed by atoms with Gasteiger partial charge < -0.3 is 65.1 Å². The first-order valence-electron chi connectivity index (χ1n) is 37.5.